The molecule has 0 spiro atoms. The highest BCUT2D eigenvalue weighted by Crippen LogP contribution is 2.20. The Morgan fingerprint density at radius 2 is 1.53 bits per heavy atom. The number of ether oxygens (including phenoxy) is 1. The van der Waals surface area contributed by atoms with Crippen LogP contribution in [0, 0.1) is 13.8 Å². The number of nitrogens with one attached hydrogen (secondary N) is 1. The van der Waals surface area contributed by atoms with Crippen molar-refractivity contribution >= 4 is 17.3 Å². The van der Waals surface area contributed by atoms with Crippen molar-refractivity contribution in [3.8, 4) is 0 Å². The Morgan fingerprint density at radius 3 is 2.05 bits per heavy atom. The van der Waals surface area contributed by atoms with Gasteiger partial charge in [-0.1, -0.05) is 6.07 Å². The van der Waals surface area contributed by atoms with E-state index in [2.05, 4.69) is 42.1 Å². The molecule has 0 aromatic heterocycles. The van der Waals surface area contributed by atoms with Gasteiger partial charge >= 0.3 is 5.97 Å². The summed E-state index contributed by atoms with van der Waals surface area (Å²) >= 11 is 0. The van der Waals surface area contributed by atoms with E-state index in [0.29, 0.717) is 5.56 Å². The summed E-state index contributed by atoms with van der Waals surface area (Å²) in [5.74, 6) is -0.321. The predicted molar refractivity (Wildman–Crippen MR) is 77.0 cm³/mol. The first-order valence-electron chi connectivity index (χ1n) is 6.12. The molecule has 3 nitrogen and oxygen atoms in total. The lowest BCUT2D eigenvalue weighted by Gasteiger charge is -2.09. The van der Waals surface area contributed by atoms with E-state index in [1.165, 1.54) is 18.2 Å². The van der Waals surface area contributed by atoms with Crippen molar-refractivity contribution in [2.45, 2.75) is 13.8 Å². The lowest BCUT2D eigenvalue weighted by Crippen LogP contribution is -2.01. The van der Waals surface area contributed by atoms with Gasteiger partial charge in [-0.15, -0.1) is 0 Å². The van der Waals surface area contributed by atoms with Crippen LogP contribution >= 0.6 is 0 Å². The van der Waals surface area contributed by atoms with Crippen LogP contribution in [-0.2, 0) is 4.74 Å². The topological polar surface area (TPSA) is 38.3 Å². The Kier molecular flexibility index (Phi) is 3.85. The molecule has 1 N–H and O–H groups in total. The molecule has 0 atom stereocenters. The summed E-state index contributed by atoms with van der Waals surface area (Å²) in [5.41, 5.74) is 4.97. The number of methoxy groups -OCH3 is 1. The molecule has 0 radical (unpaired) electrons. The third kappa shape index (κ3) is 3.35. The van der Waals surface area contributed by atoms with Crippen molar-refractivity contribution in [1.29, 1.82) is 0 Å². The molecule has 0 amide bonds. The van der Waals surface area contributed by atoms with Crippen LogP contribution in [0.1, 0.15) is 21.5 Å². The molecule has 0 saturated heterocycles. The van der Waals surface area contributed by atoms with Gasteiger partial charge in [-0.2, -0.15) is 0 Å². The van der Waals surface area contributed by atoms with Gasteiger partial charge in [0.25, 0.3) is 0 Å². The summed E-state index contributed by atoms with van der Waals surface area (Å²) in [6.45, 7) is 4.14. The van der Waals surface area contributed by atoms with Crippen LogP contribution in [0.4, 0.5) is 11.4 Å². The van der Waals surface area contributed by atoms with E-state index in [0.717, 1.165) is 11.4 Å². The molecule has 2 rings (SSSR count). The largest absolute Gasteiger partial charge is 0.465 e. The van der Waals surface area contributed by atoms with E-state index in [1.807, 2.05) is 12.1 Å². The van der Waals surface area contributed by atoms with E-state index >= 15 is 0 Å². The van der Waals surface area contributed by atoms with Gasteiger partial charge in [0, 0.05) is 11.4 Å². The molecule has 0 heterocycles. The summed E-state index contributed by atoms with van der Waals surface area (Å²) in [7, 11) is 1.38. The minimum atomic E-state index is -0.321. The molecule has 0 aliphatic rings. The van der Waals surface area contributed by atoms with Crippen molar-refractivity contribution in [2.24, 2.45) is 0 Å². The maximum atomic E-state index is 11.3. The highest BCUT2D eigenvalue weighted by molar-refractivity contribution is 5.89. The average Bonchev–Trinajstić information content (AvgIpc) is 2.37. The molecule has 2 aromatic carbocycles. The van der Waals surface area contributed by atoms with Crippen LogP contribution in [-0.4, -0.2) is 13.1 Å². The number of hydrogen-bond acceptors (Lipinski definition) is 3. The molecular weight excluding hydrogens is 238 g/mol. The third-order valence-electron chi connectivity index (χ3n) is 2.82. The summed E-state index contributed by atoms with van der Waals surface area (Å²) < 4.78 is 4.67. The van der Waals surface area contributed by atoms with Crippen molar-refractivity contribution in [3.63, 3.8) is 0 Å². The second kappa shape index (κ2) is 5.57. The molecule has 0 bridgehead atoms. The first-order valence-corrected chi connectivity index (χ1v) is 6.12. The molecule has 0 saturated carbocycles. The number of hydrogen-bond donors (Lipinski definition) is 1. The summed E-state index contributed by atoms with van der Waals surface area (Å²) in [4.78, 5) is 11.3. The molecule has 0 aliphatic carbocycles. The zero-order valence-electron chi connectivity index (χ0n) is 11.4. The van der Waals surface area contributed by atoms with Crippen LogP contribution in [0.3, 0.4) is 0 Å². The molecule has 3 heteroatoms. The van der Waals surface area contributed by atoms with Crippen LogP contribution < -0.4 is 5.32 Å². The minimum Gasteiger partial charge on any atom is -0.465 e. The van der Waals surface area contributed by atoms with E-state index in [9.17, 15) is 4.79 Å². The number of carbonyl (C=O) groups excluding carboxylic acids is 1. The summed E-state index contributed by atoms with van der Waals surface area (Å²) in [6.07, 6.45) is 0. The first-order chi connectivity index (χ1) is 9.08. The fourth-order valence-corrected chi connectivity index (χ4v) is 2.02. The first kappa shape index (κ1) is 13.1. The van der Waals surface area contributed by atoms with Crippen LogP contribution in [0.2, 0.25) is 0 Å². The Bertz CT molecular complexity index is 568. The molecule has 0 unspecified atom stereocenters. The molecule has 0 aliphatic heterocycles. The van der Waals surface area contributed by atoms with Crippen LogP contribution in [0.15, 0.2) is 42.5 Å². The van der Waals surface area contributed by atoms with Gasteiger partial charge in [0.1, 0.15) is 0 Å². The molecule has 0 fully saturated rings. The van der Waals surface area contributed by atoms with Gasteiger partial charge in [0.15, 0.2) is 0 Å². The highest BCUT2D eigenvalue weighted by atomic mass is 16.5. The molecule has 2 aromatic rings. The predicted octanol–water partition coefficient (Wildman–Crippen LogP) is 3.83. The zero-order valence-corrected chi connectivity index (χ0v) is 11.4. The van der Waals surface area contributed by atoms with E-state index in [1.54, 1.807) is 12.1 Å². The van der Waals surface area contributed by atoms with Gasteiger partial charge in [0.2, 0.25) is 0 Å². The maximum Gasteiger partial charge on any atom is 0.337 e. The van der Waals surface area contributed by atoms with Crippen LogP contribution in [0.5, 0.6) is 0 Å². The number of rotatable bonds is 3. The standard InChI is InChI=1S/C16H17NO2/c1-11-8-12(2)10-15(9-11)17-14-6-4-13(5-7-14)16(18)19-3/h4-10,17H,1-3H3. The highest BCUT2D eigenvalue weighted by Gasteiger charge is 2.04. The van der Waals surface area contributed by atoms with Crippen LogP contribution in [0.25, 0.3) is 0 Å². The Labute approximate surface area is 113 Å². The normalized spacial score (nSPS) is 10.1. The van der Waals surface area contributed by atoms with Gasteiger partial charge in [-0.3, -0.25) is 0 Å². The van der Waals surface area contributed by atoms with E-state index < -0.39 is 0 Å². The lowest BCUT2D eigenvalue weighted by atomic mass is 10.1. The summed E-state index contributed by atoms with van der Waals surface area (Å²) in [6, 6.07) is 13.5. The van der Waals surface area contributed by atoms with Crippen molar-refractivity contribution in [1.82, 2.24) is 0 Å². The Hall–Kier alpha value is -2.29. The fourth-order valence-electron chi connectivity index (χ4n) is 2.02. The second-order valence-corrected chi connectivity index (χ2v) is 4.57. The number of benzene rings is 2. The SMILES string of the molecule is COC(=O)c1ccc(Nc2cc(C)cc(C)c2)cc1. The number of esters is 1. The smallest absolute Gasteiger partial charge is 0.337 e. The summed E-state index contributed by atoms with van der Waals surface area (Å²) in [5, 5.41) is 3.32. The van der Waals surface area contributed by atoms with Crippen molar-refractivity contribution in [2.75, 3.05) is 12.4 Å². The van der Waals surface area contributed by atoms with Gasteiger partial charge in [0.05, 0.1) is 12.7 Å². The molecule has 98 valence electrons. The Morgan fingerprint density at radius 1 is 0.947 bits per heavy atom. The minimum absolute atomic E-state index is 0.321. The fraction of sp³-hybridized carbons (Fsp3) is 0.188. The molecule has 19 heavy (non-hydrogen) atoms. The van der Waals surface area contributed by atoms with Crippen molar-refractivity contribution in [3.05, 3.63) is 59.2 Å². The molecular formula is C16H17NO2. The zero-order chi connectivity index (χ0) is 13.8. The van der Waals surface area contributed by atoms with E-state index in [4.69, 9.17) is 0 Å². The number of anilines is 2. The number of carbonyl (C=O) groups is 1. The van der Waals surface area contributed by atoms with Gasteiger partial charge in [-0.25, -0.2) is 4.79 Å². The van der Waals surface area contributed by atoms with Gasteiger partial charge in [-0.05, 0) is 61.4 Å². The van der Waals surface area contributed by atoms with E-state index in [-0.39, 0.29) is 5.97 Å². The van der Waals surface area contributed by atoms with Gasteiger partial charge < -0.3 is 10.1 Å². The third-order valence-corrected chi connectivity index (χ3v) is 2.82. The Balaban J connectivity index is 2.17. The number of aryl methyl sites for hydroxylation is 2. The maximum absolute atomic E-state index is 11.3. The monoisotopic (exact) mass is 255 g/mol. The quantitative estimate of drug-likeness (QED) is 0.847. The lowest BCUT2D eigenvalue weighted by molar-refractivity contribution is 0.0601. The average molecular weight is 255 g/mol. The second-order valence-electron chi connectivity index (χ2n) is 4.57. The van der Waals surface area contributed by atoms with Crippen molar-refractivity contribution < 1.29 is 9.53 Å².